The number of carbonyl (C=O) groups is 2. The van der Waals surface area contributed by atoms with E-state index in [0.29, 0.717) is 22.7 Å². The molecule has 0 saturated carbocycles. The van der Waals surface area contributed by atoms with Crippen LogP contribution in [0.2, 0.25) is 0 Å². The van der Waals surface area contributed by atoms with Gasteiger partial charge in [-0.05, 0) is 80.3 Å². The zero-order valence-electron chi connectivity index (χ0n) is 18.9. The summed E-state index contributed by atoms with van der Waals surface area (Å²) < 4.78 is 5.22. The average molecular weight is 427 g/mol. The van der Waals surface area contributed by atoms with E-state index in [0.717, 1.165) is 27.8 Å². The molecule has 0 aromatic heterocycles. The number of imide groups is 1. The Morgan fingerprint density at radius 1 is 0.750 bits per heavy atom. The third-order valence-electron chi connectivity index (χ3n) is 5.83. The Morgan fingerprint density at radius 2 is 1.47 bits per heavy atom. The minimum atomic E-state index is -0.369. The first-order chi connectivity index (χ1) is 15.3. The predicted molar refractivity (Wildman–Crippen MR) is 128 cm³/mol. The molecule has 0 unspecified atom stereocenters. The second-order valence-electron chi connectivity index (χ2n) is 8.14. The van der Waals surface area contributed by atoms with Crippen molar-refractivity contribution in [1.29, 1.82) is 0 Å². The maximum absolute atomic E-state index is 13.6. The number of anilines is 2. The minimum Gasteiger partial charge on any atom is -0.497 e. The van der Waals surface area contributed by atoms with Crippen LogP contribution in [0.1, 0.15) is 27.8 Å². The van der Waals surface area contributed by atoms with E-state index in [4.69, 9.17) is 4.74 Å². The van der Waals surface area contributed by atoms with Crippen molar-refractivity contribution in [3.8, 4) is 5.75 Å². The Kier molecular flexibility index (Phi) is 5.57. The summed E-state index contributed by atoms with van der Waals surface area (Å²) in [7, 11) is 1.60. The molecule has 0 saturated heterocycles. The molecule has 0 bridgehead atoms. The standard InChI is InChI=1S/C27H26N2O3/c1-16-6-13-23(19(4)14-16)29-26(30)24(20-8-7-17(2)18(3)15-20)25(27(29)31)28-21-9-11-22(32-5)12-10-21/h6-15,28H,1-5H3. The zero-order chi connectivity index (χ0) is 23.0. The highest BCUT2D eigenvalue weighted by molar-refractivity contribution is 6.46. The largest absolute Gasteiger partial charge is 0.497 e. The number of aryl methyl sites for hydroxylation is 4. The summed E-state index contributed by atoms with van der Waals surface area (Å²) in [5.41, 5.74) is 6.78. The van der Waals surface area contributed by atoms with Crippen molar-refractivity contribution in [1.82, 2.24) is 0 Å². The molecule has 1 N–H and O–H groups in total. The van der Waals surface area contributed by atoms with Crippen LogP contribution in [0.5, 0.6) is 5.75 Å². The van der Waals surface area contributed by atoms with E-state index in [1.807, 2.05) is 88.4 Å². The van der Waals surface area contributed by atoms with Gasteiger partial charge in [-0.15, -0.1) is 0 Å². The number of hydrogen-bond donors (Lipinski definition) is 1. The fraction of sp³-hybridized carbons (Fsp3) is 0.185. The Bertz CT molecular complexity index is 1260. The fourth-order valence-electron chi connectivity index (χ4n) is 3.90. The maximum atomic E-state index is 13.6. The van der Waals surface area contributed by atoms with Crippen LogP contribution in [0, 0.1) is 27.7 Å². The number of nitrogens with zero attached hydrogens (tertiary/aromatic N) is 1. The van der Waals surface area contributed by atoms with Crippen LogP contribution < -0.4 is 15.0 Å². The molecule has 1 heterocycles. The van der Waals surface area contributed by atoms with Gasteiger partial charge < -0.3 is 10.1 Å². The van der Waals surface area contributed by atoms with Gasteiger partial charge in [0.1, 0.15) is 11.4 Å². The van der Waals surface area contributed by atoms with Crippen molar-refractivity contribution in [2.24, 2.45) is 0 Å². The number of methoxy groups -OCH3 is 1. The van der Waals surface area contributed by atoms with Crippen molar-refractivity contribution in [3.05, 3.63) is 94.2 Å². The van der Waals surface area contributed by atoms with Crippen LogP contribution in [0.15, 0.2) is 66.4 Å². The third kappa shape index (κ3) is 3.78. The van der Waals surface area contributed by atoms with E-state index in [1.54, 1.807) is 7.11 Å². The van der Waals surface area contributed by atoms with Crippen LogP contribution in [-0.4, -0.2) is 18.9 Å². The molecule has 0 fully saturated rings. The smallest absolute Gasteiger partial charge is 0.282 e. The molecule has 0 spiro atoms. The Hall–Kier alpha value is -3.86. The number of nitrogens with one attached hydrogen (secondary N) is 1. The first-order valence-corrected chi connectivity index (χ1v) is 10.5. The Balaban J connectivity index is 1.83. The molecule has 32 heavy (non-hydrogen) atoms. The normalized spacial score (nSPS) is 13.7. The maximum Gasteiger partial charge on any atom is 0.282 e. The summed E-state index contributed by atoms with van der Waals surface area (Å²) >= 11 is 0. The number of ether oxygens (including phenoxy) is 1. The lowest BCUT2D eigenvalue weighted by molar-refractivity contribution is -0.120. The average Bonchev–Trinajstić information content (AvgIpc) is 3.00. The molecule has 3 aromatic rings. The number of amides is 2. The minimum absolute atomic E-state index is 0.267. The number of carbonyl (C=O) groups excluding carboxylic acids is 2. The van der Waals surface area contributed by atoms with Gasteiger partial charge in [-0.1, -0.05) is 35.9 Å². The molecule has 5 heteroatoms. The summed E-state index contributed by atoms with van der Waals surface area (Å²) in [5.74, 6) is 0.0110. The van der Waals surface area contributed by atoms with Gasteiger partial charge in [0.2, 0.25) is 0 Å². The number of benzene rings is 3. The van der Waals surface area contributed by atoms with Gasteiger partial charge in [-0.25, -0.2) is 4.90 Å². The van der Waals surface area contributed by atoms with Gasteiger partial charge in [-0.2, -0.15) is 0 Å². The van der Waals surface area contributed by atoms with Gasteiger partial charge in [0.05, 0.1) is 18.4 Å². The highest BCUT2D eigenvalue weighted by atomic mass is 16.5. The lowest BCUT2D eigenvalue weighted by atomic mass is 9.99. The van der Waals surface area contributed by atoms with Gasteiger partial charge in [-0.3, -0.25) is 9.59 Å². The Labute approximate surface area is 188 Å². The first-order valence-electron chi connectivity index (χ1n) is 10.5. The van der Waals surface area contributed by atoms with Crippen molar-refractivity contribution in [2.75, 3.05) is 17.3 Å². The molecule has 5 nitrogen and oxygen atoms in total. The summed E-state index contributed by atoms with van der Waals surface area (Å²) in [5, 5.41) is 3.20. The van der Waals surface area contributed by atoms with Gasteiger partial charge in [0.15, 0.2) is 0 Å². The van der Waals surface area contributed by atoms with E-state index >= 15 is 0 Å². The summed E-state index contributed by atoms with van der Waals surface area (Å²) in [6.45, 7) is 7.92. The predicted octanol–water partition coefficient (Wildman–Crippen LogP) is 5.33. The third-order valence-corrected chi connectivity index (χ3v) is 5.83. The van der Waals surface area contributed by atoms with Crippen LogP contribution in [0.25, 0.3) is 5.57 Å². The van der Waals surface area contributed by atoms with Crippen LogP contribution >= 0.6 is 0 Å². The molecule has 0 radical (unpaired) electrons. The molecule has 3 aromatic carbocycles. The van der Waals surface area contributed by atoms with Crippen molar-refractivity contribution in [2.45, 2.75) is 27.7 Å². The zero-order valence-corrected chi connectivity index (χ0v) is 18.9. The SMILES string of the molecule is COc1ccc(NC2=C(c3ccc(C)c(C)c3)C(=O)N(c3ccc(C)cc3C)C2=O)cc1. The second kappa shape index (κ2) is 8.35. The number of rotatable bonds is 5. The van der Waals surface area contributed by atoms with E-state index < -0.39 is 0 Å². The topological polar surface area (TPSA) is 58.6 Å². The summed E-state index contributed by atoms with van der Waals surface area (Å²) in [6.07, 6.45) is 0. The van der Waals surface area contributed by atoms with Gasteiger partial charge in [0.25, 0.3) is 11.8 Å². The van der Waals surface area contributed by atoms with E-state index in [2.05, 4.69) is 5.32 Å². The highest BCUT2D eigenvalue weighted by Crippen LogP contribution is 2.36. The quantitative estimate of drug-likeness (QED) is 0.561. The lowest BCUT2D eigenvalue weighted by Crippen LogP contribution is -2.33. The molecule has 0 aliphatic carbocycles. The van der Waals surface area contributed by atoms with Crippen molar-refractivity contribution >= 4 is 28.8 Å². The molecule has 162 valence electrons. The summed E-state index contributed by atoms with van der Waals surface area (Å²) in [6, 6.07) is 18.8. The summed E-state index contributed by atoms with van der Waals surface area (Å²) in [4.78, 5) is 28.5. The molecular weight excluding hydrogens is 400 g/mol. The van der Waals surface area contributed by atoms with E-state index in [-0.39, 0.29) is 17.5 Å². The molecular formula is C27H26N2O3. The molecule has 0 atom stereocenters. The molecule has 1 aliphatic heterocycles. The van der Waals surface area contributed by atoms with Crippen LogP contribution in [0.4, 0.5) is 11.4 Å². The van der Waals surface area contributed by atoms with Crippen molar-refractivity contribution < 1.29 is 14.3 Å². The molecule has 4 rings (SSSR count). The molecule has 2 amide bonds. The van der Waals surface area contributed by atoms with E-state index in [9.17, 15) is 9.59 Å². The van der Waals surface area contributed by atoms with Crippen molar-refractivity contribution in [3.63, 3.8) is 0 Å². The van der Waals surface area contributed by atoms with Crippen LogP contribution in [0.3, 0.4) is 0 Å². The Morgan fingerprint density at radius 3 is 2.09 bits per heavy atom. The lowest BCUT2D eigenvalue weighted by Gasteiger charge is -2.18. The van der Waals surface area contributed by atoms with Gasteiger partial charge >= 0.3 is 0 Å². The van der Waals surface area contributed by atoms with Gasteiger partial charge in [0, 0.05) is 5.69 Å². The first kappa shape index (κ1) is 21.4. The fourth-order valence-corrected chi connectivity index (χ4v) is 3.90. The molecule has 1 aliphatic rings. The monoisotopic (exact) mass is 426 g/mol. The van der Waals surface area contributed by atoms with E-state index in [1.165, 1.54) is 4.90 Å². The highest BCUT2D eigenvalue weighted by Gasteiger charge is 2.40. The van der Waals surface area contributed by atoms with Crippen LogP contribution in [-0.2, 0) is 9.59 Å². The number of hydrogen-bond acceptors (Lipinski definition) is 4. The second-order valence-corrected chi connectivity index (χ2v) is 8.14.